The van der Waals surface area contributed by atoms with Crippen molar-refractivity contribution < 1.29 is 89.7 Å². The fraction of sp³-hybridized carbons (Fsp3) is 1.00. The summed E-state index contributed by atoms with van der Waals surface area (Å²) in [6, 6.07) is 0. The maximum Gasteiger partial charge on any atom is 0.186 e. The third kappa shape index (κ3) is 7.61. The topological polar surface area (TPSA) is 298 Å². The molecule has 12 N–H and O–H groups in total. The smallest absolute Gasteiger partial charge is 0.186 e. The molecule has 40 heavy (non-hydrogen) atoms. The van der Waals surface area contributed by atoms with Gasteiger partial charge in [-0.1, -0.05) is 0 Å². The van der Waals surface area contributed by atoms with Crippen LogP contribution in [0.15, 0.2) is 0 Å². The molecule has 18 heteroatoms. The van der Waals surface area contributed by atoms with E-state index in [2.05, 4.69) is 0 Å². The molecule has 0 spiro atoms. The standard InChI is InChI=1S/C22H40O18/c23-1-8-11(26)14(29)17(32)20(38-8)35-4-7(5-36-21-18(33)15(30)12(27)9(2-24)39-21)6-37-22-19(34)16(31)13(28)10(3-25)40-22/h7-34H,1-6H2/t8-,9-,10-,11-,12-,13-,14+,15+,16+,17+,18+,19+,20+,21+,22+/m1/s1. The Morgan fingerprint density at radius 3 is 0.875 bits per heavy atom. The van der Waals surface area contributed by atoms with Crippen LogP contribution in [0.1, 0.15) is 0 Å². The number of rotatable bonds is 12. The van der Waals surface area contributed by atoms with Gasteiger partial charge in [-0.15, -0.1) is 0 Å². The van der Waals surface area contributed by atoms with Gasteiger partial charge in [-0.25, -0.2) is 0 Å². The zero-order chi connectivity index (χ0) is 29.7. The Balaban J connectivity index is 1.67. The zero-order valence-corrected chi connectivity index (χ0v) is 21.3. The molecule has 0 aliphatic carbocycles. The molecule has 0 aromatic rings. The Bertz CT molecular complexity index is 647. The summed E-state index contributed by atoms with van der Waals surface area (Å²) in [5.41, 5.74) is 0. The molecule has 18 nitrogen and oxygen atoms in total. The normalized spacial score (nSPS) is 46.6. The van der Waals surface area contributed by atoms with Crippen LogP contribution in [-0.4, -0.2) is 193 Å². The Kier molecular flexibility index (Phi) is 12.8. The average Bonchev–Trinajstić information content (AvgIpc) is 2.95. The first-order chi connectivity index (χ1) is 18.9. The van der Waals surface area contributed by atoms with Crippen LogP contribution >= 0.6 is 0 Å². The van der Waals surface area contributed by atoms with Crippen molar-refractivity contribution in [1.29, 1.82) is 0 Å². The van der Waals surface area contributed by atoms with E-state index in [0.717, 1.165) is 0 Å². The minimum Gasteiger partial charge on any atom is -0.394 e. The molecule has 0 bridgehead atoms. The summed E-state index contributed by atoms with van der Waals surface area (Å²) in [4.78, 5) is 0. The van der Waals surface area contributed by atoms with Gasteiger partial charge in [0.2, 0.25) is 0 Å². The van der Waals surface area contributed by atoms with Crippen LogP contribution in [0.2, 0.25) is 0 Å². The molecular weight excluding hydrogens is 552 g/mol. The lowest BCUT2D eigenvalue weighted by Gasteiger charge is -2.41. The summed E-state index contributed by atoms with van der Waals surface area (Å²) in [6.07, 6.45) is -23.6. The number of hydrogen-bond acceptors (Lipinski definition) is 18. The number of aliphatic hydroxyl groups is 12. The summed E-state index contributed by atoms with van der Waals surface area (Å²) >= 11 is 0. The molecule has 0 unspecified atom stereocenters. The minimum atomic E-state index is -1.73. The quantitative estimate of drug-likeness (QED) is 0.100. The number of ether oxygens (including phenoxy) is 6. The van der Waals surface area contributed by atoms with E-state index in [1.54, 1.807) is 0 Å². The molecule has 3 aliphatic heterocycles. The molecule has 15 atom stereocenters. The van der Waals surface area contributed by atoms with E-state index >= 15 is 0 Å². The van der Waals surface area contributed by atoms with Crippen molar-refractivity contribution in [1.82, 2.24) is 0 Å². The highest BCUT2D eigenvalue weighted by molar-refractivity contribution is 4.91. The van der Waals surface area contributed by atoms with E-state index in [1.165, 1.54) is 0 Å². The second-order valence-electron chi connectivity index (χ2n) is 9.96. The molecule has 0 aromatic carbocycles. The van der Waals surface area contributed by atoms with Crippen molar-refractivity contribution in [2.75, 3.05) is 39.6 Å². The monoisotopic (exact) mass is 592 g/mol. The Morgan fingerprint density at radius 2 is 0.650 bits per heavy atom. The fourth-order valence-corrected chi connectivity index (χ4v) is 4.45. The van der Waals surface area contributed by atoms with Gasteiger partial charge in [0, 0.05) is 5.92 Å². The van der Waals surface area contributed by atoms with Crippen LogP contribution in [-0.2, 0) is 28.4 Å². The summed E-state index contributed by atoms with van der Waals surface area (Å²) in [7, 11) is 0. The number of hydrogen-bond donors (Lipinski definition) is 12. The minimum absolute atomic E-state index is 0.391. The molecule has 0 amide bonds. The van der Waals surface area contributed by atoms with Crippen molar-refractivity contribution in [3.05, 3.63) is 0 Å². The summed E-state index contributed by atoms with van der Waals surface area (Å²) in [5.74, 6) is -0.896. The van der Waals surface area contributed by atoms with Gasteiger partial charge < -0.3 is 89.7 Å². The van der Waals surface area contributed by atoms with E-state index in [0.29, 0.717) is 0 Å². The lowest BCUT2D eigenvalue weighted by molar-refractivity contribution is -0.321. The highest BCUT2D eigenvalue weighted by Gasteiger charge is 2.47. The predicted molar refractivity (Wildman–Crippen MR) is 123 cm³/mol. The first-order valence-corrected chi connectivity index (χ1v) is 12.7. The molecule has 3 rings (SSSR count). The molecule has 3 aliphatic rings. The number of aliphatic hydroxyl groups excluding tert-OH is 12. The van der Waals surface area contributed by atoms with Crippen molar-refractivity contribution >= 4 is 0 Å². The van der Waals surface area contributed by atoms with Crippen LogP contribution < -0.4 is 0 Å². The molecule has 3 saturated heterocycles. The van der Waals surface area contributed by atoms with E-state index in [1.807, 2.05) is 0 Å². The van der Waals surface area contributed by atoms with Crippen LogP contribution in [0.3, 0.4) is 0 Å². The molecule has 3 heterocycles. The predicted octanol–water partition coefficient (Wildman–Crippen LogP) is -7.95. The molecular formula is C22H40O18. The molecule has 3 fully saturated rings. The molecule has 0 radical (unpaired) electrons. The average molecular weight is 593 g/mol. The zero-order valence-electron chi connectivity index (χ0n) is 21.3. The summed E-state index contributed by atoms with van der Waals surface area (Å²) in [5, 5.41) is 119. The third-order valence-electron chi connectivity index (χ3n) is 7.03. The Morgan fingerprint density at radius 1 is 0.400 bits per heavy atom. The van der Waals surface area contributed by atoms with Crippen LogP contribution in [0, 0.1) is 5.92 Å². The first kappa shape index (κ1) is 33.8. The third-order valence-corrected chi connectivity index (χ3v) is 7.03. The highest BCUT2D eigenvalue weighted by Crippen LogP contribution is 2.26. The van der Waals surface area contributed by atoms with E-state index < -0.39 is 138 Å². The van der Waals surface area contributed by atoms with Gasteiger partial charge in [-0.2, -0.15) is 0 Å². The van der Waals surface area contributed by atoms with Gasteiger partial charge in [0.25, 0.3) is 0 Å². The second-order valence-corrected chi connectivity index (χ2v) is 9.96. The maximum absolute atomic E-state index is 10.2. The van der Waals surface area contributed by atoms with Gasteiger partial charge in [-0.3, -0.25) is 0 Å². The van der Waals surface area contributed by atoms with Crippen molar-refractivity contribution in [3.8, 4) is 0 Å². The Hall–Kier alpha value is -0.720. The molecule has 0 saturated carbocycles. The van der Waals surface area contributed by atoms with E-state index in [9.17, 15) is 61.3 Å². The van der Waals surface area contributed by atoms with E-state index in [4.69, 9.17) is 28.4 Å². The van der Waals surface area contributed by atoms with Crippen molar-refractivity contribution in [3.63, 3.8) is 0 Å². The van der Waals surface area contributed by atoms with Crippen molar-refractivity contribution in [2.45, 2.75) is 92.1 Å². The van der Waals surface area contributed by atoms with E-state index in [-0.39, 0.29) is 0 Å². The summed E-state index contributed by atoms with van der Waals surface area (Å²) in [6.45, 7) is -3.27. The lowest BCUT2D eigenvalue weighted by Crippen LogP contribution is -2.60. The Labute approximate surface area is 228 Å². The lowest BCUT2D eigenvalue weighted by atomic mass is 9.99. The van der Waals surface area contributed by atoms with Crippen LogP contribution in [0.5, 0.6) is 0 Å². The van der Waals surface area contributed by atoms with Gasteiger partial charge >= 0.3 is 0 Å². The van der Waals surface area contributed by atoms with Gasteiger partial charge in [0.15, 0.2) is 18.9 Å². The maximum atomic E-state index is 10.2. The summed E-state index contributed by atoms with van der Waals surface area (Å²) < 4.78 is 32.4. The fourth-order valence-electron chi connectivity index (χ4n) is 4.45. The van der Waals surface area contributed by atoms with Crippen LogP contribution in [0.4, 0.5) is 0 Å². The largest absolute Gasteiger partial charge is 0.394 e. The van der Waals surface area contributed by atoms with Gasteiger partial charge in [0.1, 0.15) is 73.2 Å². The van der Waals surface area contributed by atoms with Crippen LogP contribution in [0.25, 0.3) is 0 Å². The van der Waals surface area contributed by atoms with Crippen molar-refractivity contribution in [2.24, 2.45) is 5.92 Å². The molecule has 0 aromatic heterocycles. The highest BCUT2D eigenvalue weighted by atomic mass is 16.7. The molecule has 236 valence electrons. The van der Waals surface area contributed by atoms with Gasteiger partial charge in [0.05, 0.1) is 39.6 Å². The first-order valence-electron chi connectivity index (χ1n) is 12.7. The second kappa shape index (κ2) is 15.1. The van der Waals surface area contributed by atoms with Gasteiger partial charge in [-0.05, 0) is 0 Å². The SMILES string of the molecule is OC[C@H]1O[C@H](OCC(CO[C@H]2O[C@H](CO)[C@@H](O)[C@H](O)[C@@H]2O)CO[C@H]2O[C@H](CO)[C@@H](O)[C@H](O)[C@@H]2O)[C@@H](O)[C@@H](O)[C@@H]1O.